The molecule has 0 amide bonds. The summed E-state index contributed by atoms with van der Waals surface area (Å²) in [5, 5.41) is 9.47. The summed E-state index contributed by atoms with van der Waals surface area (Å²) in [7, 11) is 0. The number of halogens is 1. The van der Waals surface area contributed by atoms with Crippen molar-refractivity contribution >= 4 is 23.1 Å². The highest BCUT2D eigenvalue weighted by molar-refractivity contribution is 6.34. The van der Waals surface area contributed by atoms with E-state index in [9.17, 15) is 0 Å². The second kappa shape index (κ2) is 5.40. The molecule has 1 aliphatic rings. The standard InChI is InChI=1S/C15H12ClN3O/c16-14-11(10-17)6-7-18-15(14)19-8-3-9-20-13-5-2-1-4-12(13)19/h1-2,4-7H,3,8-9H2. The maximum absolute atomic E-state index is 9.09. The minimum absolute atomic E-state index is 0.381. The molecule has 0 saturated carbocycles. The summed E-state index contributed by atoms with van der Waals surface area (Å²) < 4.78 is 5.72. The van der Waals surface area contributed by atoms with Crippen LogP contribution in [0.15, 0.2) is 36.5 Å². The molecule has 0 bridgehead atoms. The molecule has 0 fully saturated rings. The molecule has 5 heteroatoms. The maximum atomic E-state index is 9.09. The Labute approximate surface area is 122 Å². The number of hydrogen-bond donors (Lipinski definition) is 0. The Bertz CT molecular complexity index is 681. The largest absolute Gasteiger partial charge is 0.491 e. The third-order valence-corrected chi connectivity index (χ3v) is 3.56. The van der Waals surface area contributed by atoms with E-state index in [1.807, 2.05) is 29.2 Å². The normalized spacial score (nSPS) is 13.9. The highest BCUT2D eigenvalue weighted by Crippen LogP contribution is 2.38. The summed E-state index contributed by atoms with van der Waals surface area (Å²) >= 11 is 6.29. The van der Waals surface area contributed by atoms with Gasteiger partial charge in [0.05, 0.1) is 17.9 Å². The van der Waals surface area contributed by atoms with Crippen LogP contribution in [0.5, 0.6) is 5.75 Å². The molecule has 1 aromatic heterocycles. The van der Waals surface area contributed by atoms with Crippen molar-refractivity contribution in [1.82, 2.24) is 4.98 Å². The first-order valence-electron chi connectivity index (χ1n) is 6.35. The van der Waals surface area contributed by atoms with Gasteiger partial charge in [-0.2, -0.15) is 5.26 Å². The summed E-state index contributed by atoms with van der Waals surface area (Å²) in [6, 6.07) is 11.5. The highest BCUT2D eigenvalue weighted by Gasteiger charge is 2.21. The summed E-state index contributed by atoms with van der Waals surface area (Å²) in [6.45, 7) is 1.40. The lowest BCUT2D eigenvalue weighted by Gasteiger charge is -2.23. The summed E-state index contributed by atoms with van der Waals surface area (Å²) in [5.74, 6) is 1.41. The van der Waals surface area contributed by atoms with E-state index in [2.05, 4.69) is 11.1 Å². The van der Waals surface area contributed by atoms with Gasteiger partial charge in [-0.15, -0.1) is 0 Å². The number of benzene rings is 1. The molecule has 0 unspecified atom stereocenters. The molecule has 0 spiro atoms. The number of anilines is 2. The van der Waals surface area contributed by atoms with Crippen LogP contribution >= 0.6 is 11.6 Å². The van der Waals surface area contributed by atoms with E-state index in [1.165, 1.54) is 0 Å². The van der Waals surface area contributed by atoms with Gasteiger partial charge in [0.1, 0.15) is 16.8 Å². The van der Waals surface area contributed by atoms with Crippen LogP contribution in [0.4, 0.5) is 11.5 Å². The minimum atomic E-state index is 0.381. The first-order valence-corrected chi connectivity index (χ1v) is 6.73. The third kappa shape index (κ3) is 2.17. The van der Waals surface area contributed by atoms with Crippen LogP contribution in [0.1, 0.15) is 12.0 Å². The van der Waals surface area contributed by atoms with Crippen molar-refractivity contribution in [2.24, 2.45) is 0 Å². The Hall–Kier alpha value is -2.25. The zero-order chi connectivity index (χ0) is 13.9. The van der Waals surface area contributed by atoms with Crippen molar-refractivity contribution in [3.8, 4) is 11.8 Å². The van der Waals surface area contributed by atoms with Gasteiger partial charge in [0.2, 0.25) is 0 Å². The van der Waals surface area contributed by atoms with Gasteiger partial charge in [0.15, 0.2) is 5.82 Å². The quantitative estimate of drug-likeness (QED) is 0.804. The summed E-state index contributed by atoms with van der Waals surface area (Å²) in [5.41, 5.74) is 1.36. The Morgan fingerprint density at radius 3 is 3.00 bits per heavy atom. The van der Waals surface area contributed by atoms with Gasteiger partial charge in [-0.3, -0.25) is 0 Å². The Morgan fingerprint density at radius 1 is 1.30 bits per heavy atom. The van der Waals surface area contributed by atoms with Crippen molar-refractivity contribution in [2.75, 3.05) is 18.1 Å². The molecule has 2 heterocycles. The molecule has 1 aliphatic heterocycles. The van der Waals surface area contributed by atoms with E-state index in [4.69, 9.17) is 21.6 Å². The molecule has 0 N–H and O–H groups in total. The monoisotopic (exact) mass is 285 g/mol. The Balaban J connectivity index is 2.13. The van der Waals surface area contributed by atoms with Crippen molar-refractivity contribution in [3.05, 3.63) is 47.1 Å². The number of nitrogens with zero attached hydrogens (tertiary/aromatic N) is 3. The molecule has 2 aromatic rings. The zero-order valence-electron chi connectivity index (χ0n) is 10.7. The fourth-order valence-electron chi connectivity index (χ4n) is 2.25. The van der Waals surface area contributed by atoms with E-state index in [1.54, 1.807) is 12.3 Å². The van der Waals surface area contributed by atoms with Crippen molar-refractivity contribution in [1.29, 1.82) is 5.26 Å². The number of aromatic nitrogens is 1. The molecular formula is C15H12ClN3O. The molecular weight excluding hydrogens is 274 g/mol. The predicted octanol–water partition coefficient (Wildman–Crippen LogP) is 3.53. The van der Waals surface area contributed by atoms with Crippen LogP contribution in [-0.4, -0.2) is 18.1 Å². The van der Waals surface area contributed by atoms with Gasteiger partial charge >= 0.3 is 0 Å². The number of hydrogen-bond acceptors (Lipinski definition) is 4. The van der Waals surface area contributed by atoms with Crippen LogP contribution in [0.3, 0.4) is 0 Å². The fraction of sp³-hybridized carbons (Fsp3) is 0.200. The predicted molar refractivity (Wildman–Crippen MR) is 77.5 cm³/mol. The van der Waals surface area contributed by atoms with E-state index in [0.717, 1.165) is 24.4 Å². The van der Waals surface area contributed by atoms with Gasteiger partial charge in [-0.05, 0) is 24.6 Å². The van der Waals surface area contributed by atoms with Crippen LogP contribution in [0.2, 0.25) is 5.02 Å². The lowest BCUT2D eigenvalue weighted by atomic mass is 10.2. The van der Waals surface area contributed by atoms with E-state index >= 15 is 0 Å². The number of para-hydroxylation sites is 2. The van der Waals surface area contributed by atoms with E-state index < -0.39 is 0 Å². The SMILES string of the molecule is N#Cc1ccnc(N2CCCOc3ccccc32)c1Cl. The molecule has 0 atom stereocenters. The second-order valence-corrected chi connectivity index (χ2v) is 4.81. The van der Waals surface area contributed by atoms with Crippen molar-refractivity contribution in [2.45, 2.75) is 6.42 Å². The maximum Gasteiger partial charge on any atom is 0.153 e. The second-order valence-electron chi connectivity index (χ2n) is 4.43. The molecule has 0 aliphatic carbocycles. The first kappa shape index (κ1) is 12.8. The fourth-order valence-corrected chi connectivity index (χ4v) is 2.51. The topological polar surface area (TPSA) is 49.2 Å². The minimum Gasteiger partial charge on any atom is -0.491 e. The van der Waals surface area contributed by atoms with Gasteiger partial charge < -0.3 is 9.64 Å². The highest BCUT2D eigenvalue weighted by atomic mass is 35.5. The average molecular weight is 286 g/mol. The Morgan fingerprint density at radius 2 is 2.15 bits per heavy atom. The van der Waals surface area contributed by atoms with Gasteiger partial charge in [0, 0.05) is 12.7 Å². The molecule has 100 valence electrons. The zero-order valence-corrected chi connectivity index (χ0v) is 11.5. The number of nitriles is 1. The molecule has 0 saturated heterocycles. The van der Waals surface area contributed by atoms with Gasteiger partial charge in [0.25, 0.3) is 0 Å². The van der Waals surface area contributed by atoms with E-state index in [0.29, 0.717) is 23.0 Å². The number of ether oxygens (including phenoxy) is 1. The van der Waals surface area contributed by atoms with Crippen LogP contribution < -0.4 is 9.64 Å². The summed E-state index contributed by atoms with van der Waals surface area (Å²) in [6.07, 6.45) is 2.47. The van der Waals surface area contributed by atoms with Gasteiger partial charge in [-0.1, -0.05) is 23.7 Å². The molecule has 4 nitrogen and oxygen atoms in total. The van der Waals surface area contributed by atoms with E-state index in [-0.39, 0.29) is 0 Å². The molecule has 20 heavy (non-hydrogen) atoms. The average Bonchev–Trinajstić information content (AvgIpc) is 2.70. The van der Waals surface area contributed by atoms with Crippen molar-refractivity contribution in [3.63, 3.8) is 0 Å². The lowest BCUT2D eigenvalue weighted by molar-refractivity contribution is 0.322. The molecule has 3 rings (SSSR count). The van der Waals surface area contributed by atoms with Gasteiger partial charge in [-0.25, -0.2) is 4.98 Å². The number of pyridine rings is 1. The smallest absolute Gasteiger partial charge is 0.153 e. The lowest BCUT2D eigenvalue weighted by Crippen LogP contribution is -2.19. The van der Waals surface area contributed by atoms with Crippen LogP contribution in [-0.2, 0) is 0 Å². The Kier molecular flexibility index (Phi) is 3.44. The van der Waals surface area contributed by atoms with Crippen molar-refractivity contribution < 1.29 is 4.74 Å². The number of rotatable bonds is 1. The molecule has 0 radical (unpaired) electrons. The van der Waals surface area contributed by atoms with Crippen LogP contribution in [0, 0.1) is 11.3 Å². The molecule has 1 aromatic carbocycles. The van der Waals surface area contributed by atoms with Crippen LogP contribution in [0.25, 0.3) is 0 Å². The third-order valence-electron chi connectivity index (χ3n) is 3.19. The summed E-state index contributed by atoms with van der Waals surface area (Å²) in [4.78, 5) is 6.34. The first-order chi connectivity index (χ1) is 9.81. The number of fused-ring (bicyclic) bond motifs is 1.